The molecular weight excluding hydrogens is 1380 g/mol. The summed E-state index contributed by atoms with van der Waals surface area (Å²) in [5.74, 6) is -2.40. The number of carbonyl (C=O) groups excluding carboxylic acids is 4. The lowest BCUT2D eigenvalue weighted by atomic mass is 10.1. The highest BCUT2D eigenvalue weighted by Gasteiger charge is 2.30. The standard InChI is InChI=1S/C87H138O17P2/c1-5-9-13-17-21-25-29-32-35-38-40-43-45-48-52-55-59-63-67-71-84(89)97-77-82(103-86(91)73-69-65-61-57-51-28-24-20-16-12-8-4)79-101-105(93,94)99-75-81(88)76-100-106(95,96)102-80-83(104-87(92)74-70-66-62-58-54-50-47-42-37-34-31-27-23-19-15-11-7-3)78-98-85(90)72-68-64-60-56-53-49-46-44-41-39-36-33-30-26-22-18-14-10-6-2/h9-11,13-15,21-23,25-27,32-37,40-41,43-44,47-50,52-53,58-59,62-63,81-83,88H,5-8,12,16-20,24,28-31,38-39,42,45-46,51,54-57,60-61,64-80H2,1-4H3,(H,93,94)(H,95,96)/b13-9-,14-10-,15-11-,25-21-,26-22-,27-23-,35-32-,36-33-,37-34-,43-40-,44-41-,50-47-,52-48-,53-49-,62-58-,63-59-. The Bertz CT molecular complexity index is 2780. The average Bonchev–Trinajstić information content (AvgIpc) is 0.901. The van der Waals surface area contributed by atoms with Crippen LogP contribution in [0, 0.1) is 0 Å². The Hall–Kier alpha value is -6.10. The Morgan fingerprint density at radius 2 is 0.519 bits per heavy atom. The van der Waals surface area contributed by atoms with Crippen molar-refractivity contribution in [3.63, 3.8) is 0 Å². The predicted molar refractivity (Wildman–Crippen MR) is 436 cm³/mol. The summed E-state index contributed by atoms with van der Waals surface area (Å²) in [5, 5.41) is 10.6. The highest BCUT2D eigenvalue weighted by atomic mass is 31.2. The number of phosphoric ester groups is 2. The van der Waals surface area contributed by atoms with E-state index in [9.17, 15) is 43.2 Å². The van der Waals surface area contributed by atoms with Crippen molar-refractivity contribution in [2.45, 2.75) is 290 Å². The molecule has 0 heterocycles. The van der Waals surface area contributed by atoms with Crippen molar-refractivity contribution in [3.05, 3.63) is 194 Å². The van der Waals surface area contributed by atoms with Gasteiger partial charge in [0.1, 0.15) is 19.3 Å². The van der Waals surface area contributed by atoms with Gasteiger partial charge in [0, 0.05) is 25.7 Å². The molecule has 0 fully saturated rings. The normalized spacial score (nSPS) is 14.9. The molecule has 0 aliphatic rings. The number of carbonyl (C=O) groups is 4. The van der Waals surface area contributed by atoms with E-state index in [2.05, 4.69) is 192 Å². The second kappa shape index (κ2) is 77.1. The van der Waals surface area contributed by atoms with Gasteiger partial charge in [-0.05, 0) is 148 Å². The zero-order valence-corrected chi connectivity index (χ0v) is 67.1. The van der Waals surface area contributed by atoms with Crippen molar-refractivity contribution < 1.29 is 80.2 Å². The second-order valence-electron chi connectivity index (χ2n) is 25.5. The van der Waals surface area contributed by atoms with Crippen LogP contribution in [0.5, 0.6) is 0 Å². The number of ether oxygens (including phenoxy) is 4. The van der Waals surface area contributed by atoms with E-state index in [-0.39, 0.29) is 25.7 Å². The summed E-state index contributed by atoms with van der Waals surface area (Å²) in [6, 6.07) is 0. The minimum atomic E-state index is -5.01. The van der Waals surface area contributed by atoms with Gasteiger partial charge in [0.2, 0.25) is 0 Å². The molecular formula is C87H138O17P2. The molecule has 598 valence electrons. The summed E-state index contributed by atoms with van der Waals surface area (Å²) in [6.07, 6.45) is 94.4. The van der Waals surface area contributed by atoms with E-state index < -0.39 is 97.5 Å². The van der Waals surface area contributed by atoms with Gasteiger partial charge in [-0.2, -0.15) is 0 Å². The SMILES string of the molecule is CC/C=C\C/C=C\C/C=C\C/C=C\C/C=C\C/C=C\CCC(=O)OCC(COP(=O)(O)OCC(O)COP(=O)(O)OCC(COC(=O)CCCCC/C=C\C/C=C\C/C=C\C/C=C\C/C=C\CC)OC(=O)CCC/C=C\C/C=C\C/C=C\C/C=C\C/C=C\CC)OC(=O)CCCCCCCCCCCCC. The van der Waals surface area contributed by atoms with Gasteiger partial charge in [-0.1, -0.05) is 293 Å². The fourth-order valence-electron chi connectivity index (χ4n) is 9.66. The van der Waals surface area contributed by atoms with Gasteiger partial charge in [-0.25, -0.2) is 9.13 Å². The van der Waals surface area contributed by atoms with Crippen LogP contribution in [0.1, 0.15) is 272 Å². The third kappa shape index (κ3) is 76.1. The van der Waals surface area contributed by atoms with Gasteiger partial charge in [0.05, 0.1) is 26.4 Å². The van der Waals surface area contributed by atoms with Crippen molar-refractivity contribution in [2.75, 3.05) is 39.6 Å². The molecule has 0 spiro atoms. The molecule has 0 radical (unpaired) electrons. The number of allylic oxidation sites excluding steroid dienone is 32. The number of hydrogen-bond donors (Lipinski definition) is 3. The lowest BCUT2D eigenvalue weighted by Gasteiger charge is -2.21. The summed E-state index contributed by atoms with van der Waals surface area (Å²) in [6.45, 7) is 4.30. The molecule has 5 atom stereocenters. The maximum atomic E-state index is 13.1. The maximum Gasteiger partial charge on any atom is 0.472 e. The van der Waals surface area contributed by atoms with Crippen LogP contribution in [0.3, 0.4) is 0 Å². The lowest BCUT2D eigenvalue weighted by molar-refractivity contribution is -0.161. The molecule has 0 amide bonds. The van der Waals surface area contributed by atoms with Crippen LogP contribution in [0.25, 0.3) is 0 Å². The van der Waals surface area contributed by atoms with E-state index >= 15 is 0 Å². The molecule has 0 rings (SSSR count). The first kappa shape index (κ1) is 99.9. The van der Waals surface area contributed by atoms with Crippen LogP contribution in [-0.4, -0.2) is 96.7 Å². The third-order valence-corrected chi connectivity index (χ3v) is 17.5. The van der Waals surface area contributed by atoms with E-state index in [1.165, 1.54) is 38.5 Å². The van der Waals surface area contributed by atoms with E-state index in [0.29, 0.717) is 38.5 Å². The molecule has 0 saturated heterocycles. The average molecular weight is 1520 g/mol. The molecule has 17 nitrogen and oxygen atoms in total. The first-order valence-electron chi connectivity index (χ1n) is 39.7. The number of unbranched alkanes of at least 4 members (excludes halogenated alkanes) is 14. The fourth-order valence-corrected chi connectivity index (χ4v) is 11.2. The third-order valence-electron chi connectivity index (χ3n) is 15.6. The summed E-state index contributed by atoms with van der Waals surface area (Å²) < 4.78 is 68.4. The Balaban J connectivity index is 5.50. The monoisotopic (exact) mass is 1520 g/mol. The van der Waals surface area contributed by atoms with Gasteiger partial charge in [0.25, 0.3) is 0 Å². The van der Waals surface area contributed by atoms with Crippen LogP contribution in [-0.2, 0) is 65.4 Å². The zero-order chi connectivity index (χ0) is 77.4. The Labute approximate surface area is 640 Å². The van der Waals surface area contributed by atoms with Gasteiger partial charge in [0.15, 0.2) is 12.2 Å². The number of rotatable bonds is 72. The molecule has 0 aliphatic heterocycles. The van der Waals surface area contributed by atoms with Gasteiger partial charge < -0.3 is 33.8 Å². The van der Waals surface area contributed by atoms with E-state index in [1.807, 2.05) is 30.4 Å². The Morgan fingerprint density at radius 1 is 0.274 bits per heavy atom. The highest BCUT2D eigenvalue weighted by Crippen LogP contribution is 2.45. The molecule has 0 aromatic rings. The fraction of sp³-hybridized carbons (Fsp3) is 0.586. The summed E-state index contributed by atoms with van der Waals surface area (Å²) in [4.78, 5) is 72.9. The molecule has 0 bridgehead atoms. The molecule has 5 unspecified atom stereocenters. The summed E-state index contributed by atoms with van der Waals surface area (Å²) >= 11 is 0. The molecule has 106 heavy (non-hydrogen) atoms. The number of phosphoric acid groups is 2. The molecule has 0 aliphatic carbocycles. The first-order valence-corrected chi connectivity index (χ1v) is 42.7. The quantitative estimate of drug-likeness (QED) is 0.0169. The number of hydrogen-bond acceptors (Lipinski definition) is 15. The smallest absolute Gasteiger partial charge is 0.462 e. The topological polar surface area (TPSA) is 237 Å². The summed E-state index contributed by atoms with van der Waals surface area (Å²) in [7, 11) is -10.0. The van der Waals surface area contributed by atoms with Crippen LogP contribution in [0.2, 0.25) is 0 Å². The minimum absolute atomic E-state index is 0.000396. The van der Waals surface area contributed by atoms with Crippen molar-refractivity contribution in [1.29, 1.82) is 0 Å². The van der Waals surface area contributed by atoms with Crippen LogP contribution in [0.15, 0.2) is 194 Å². The minimum Gasteiger partial charge on any atom is -0.462 e. The molecule has 19 heteroatoms. The molecule has 0 saturated carbocycles. The zero-order valence-electron chi connectivity index (χ0n) is 65.3. The lowest BCUT2D eigenvalue weighted by Crippen LogP contribution is -2.30. The van der Waals surface area contributed by atoms with Crippen LogP contribution in [0.4, 0.5) is 0 Å². The second-order valence-corrected chi connectivity index (χ2v) is 28.4. The van der Waals surface area contributed by atoms with E-state index in [0.717, 1.165) is 141 Å². The number of aliphatic hydroxyl groups excluding tert-OH is 1. The van der Waals surface area contributed by atoms with Crippen LogP contribution < -0.4 is 0 Å². The molecule has 0 aromatic carbocycles. The highest BCUT2D eigenvalue weighted by molar-refractivity contribution is 7.47. The van der Waals surface area contributed by atoms with Crippen molar-refractivity contribution in [1.82, 2.24) is 0 Å². The van der Waals surface area contributed by atoms with Gasteiger partial charge in [-0.15, -0.1) is 0 Å². The van der Waals surface area contributed by atoms with Crippen molar-refractivity contribution in [2.24, 2.45) is 0 Å². The Morgan fingerprint density at radius 3 is 0.849 bits per heavy atom. The van der Waals surface area contributed by atoms with Crippen molar-refractivity contribution >= 4 is 39.5 Å². The van der Waals surface area contributed by atoms with Crippen molar-refractivity contribution in [3.8, 4) is 0 Å². The summed E-state index contributed by atoms with van der Waals surface area (Å²) in [5.41, 5.74) is 0. The van der Waals surface area contributed by atoms with Gasteiger partial charge >= 0.3 is 39.5 Å². The maximum absolute atomic E-state index is 13.1. The number of aliphatic hydroxyl groups is 1. The molecule has 0 aromatic heterocycles. The first-order chi connectivity index (χ1) is 51.7. The van der Waals surface area contributed by atoms with Crippen LogP contribution >= 0.6 is 15.6 Å². The molecule has 3 N–H and O–H groups in total. The van der Waals surface area contributed by atoms with E-state index in [1.54, 1.807) is 0 Å². The van der Waals surface area contributed by atoms with Gasteiger partial charge in [-0.3, -0.25) is 37.3 Å². The predicted octanol–water partition coefficient (Wildman–Crippen LogP) is 23.3. The largest absolute Gasteiger partial charge is 0.472 e. The number of esters is 4. The van der Waals surface area contributed by atoms with E-state index in [4.69, 9.17) is 37.0 Å². The Kier molecular flexibility index (Phi) is 72.6.